The smallest absolute Gasteiger partial charge is 0.129 e. The van der Waals surface area contributed by atoms with Crippen molar-refractivity contribution in [3.8, 4) is 0 Å². The normalized spacial score (nSPS) is 10.4. The van der Waals surface area contributed by atoms with Crippen molar-refractivity contribution < 1.29 is 13.2 Å². The van der Waals surface area contributed by atoms with Crippen molar-refractivity contribution in [3.05, 3.63) is 138 Å². The van der Waals surface area contributed by atoms with Crippen LogP contribution >= 0.6 is 24.0 Å². The summed E-state index contributed by atoms with van der Waals surface area (Å²) in [6.45, 7) is 0. The molecule has 0 bridgehead atoms. The highest BCUT2D eigenvalue weighted by Gasteiger charge is 2.13. The number of rotatable bonds is 4. The molecule has 0 amide bonds. The highest BCUT2D eigenvalue weighted by molar-refractivity contribution is 14.0. The van der Waals surface area contributed by atoms with E-state index in [1.807, 2.05) is 43.4 Å². The second-order valence-electron chi connectivity index (χ2n) is 9.59. The Bertz CT molecular complexity index is 1760. The molecule has 43 heavy (non-hydrogen) atoms. The Morgan fingerprint density at radius 2 is 0.930 bits per heavy atom. The summed E-state index contributed by atoms with van der Waals surface area (Å²) in [4.78, 5) is 0. The zero-order valence-corrected chi connectivity index (χ0v) is 25.3. The van der Waals surface area contributed by atoms with E-state index >= 15 is 0 Å². The van der Waals surface area contributed by atoms with Crippen LogP contribution in [0.4, 0.5) is 30.2 Å². The Balaban J connectivity index is 0.000000409. The third-order valence-corrected chi connectivity index (χ3v) is 6.68. The lowest BCUT2D eigenvalue weighted by Gasteiger charge is -2.09. The van der Waals surface area contributed by atoms with Crippen LogP contribution in [0.1, 0.15) is 11.1 Å². The summed E-state index contributed by atoms with van der Waals surface area (Å²) < 4.78 is 40.5. The molecule has 6 aromatic rings. The second-order valence-corrected chi connectivity index (χ2v) is 9.59. The largest absolute Gasteiger partial charge is 0.399 e. The molecule has 0 fully saturated rings. The van der Waals surface area contributed by atoms with Crippen molar-refractivity contribution in [2.45, 2.75) is 0 Å². The Hall–Kier alpha value is -4.84. The van der Waals surface area contributed by atoms with Gasteiger partial charge in [-0.25, -0.2) is 13.2 Å². The van der Waals surface area contributed by atoms with Crippen LogP contribution in [0, 0.1) is 28.3 Å². The van der Waals surface area contributed by atoms with Crippen LogP contribution in [0.15, 0.2) is 109 Å². The summed E-state index contributed by atoms with van der Waals surface area (Å²) in [5.41, 5.74) is 10.5. The summed E-state index contributed by atoms with van der Waals surface area (Å²) in [7, 11) is 1.98. The van der Waals surface area contributed by atoms with E-state index in [0.29, 0.717) is 28.2 Å². The molecule has 0 aliphatic carbocycles. The Kier molecular flexibility index (Phi) is 9.71. The molecule has 6 N–H and O–H groups in total. The second kappa shape index (κ2) is 13.4. The van der Waals surface area contributed by atoms with E-state index in [9.17, 15) is 13.2 Å². The maximum Gasteiger partial charge on any atom is 0.129 e. The predicted octanol–water partition coefficient (Wildman–Crippen LogP) is 8.51. The molecule has 6 nitrogen and oxygen atoms in total. The quantitative estimate of drug-likeness (QED) is 0.0554. The number of halogens is 4. The SMILES string of the molecule is Cn1c2ccc(C(=N)Nc3ccc(F)cc3)cc2c2cc(C(=N)Nc3ccc(F)cc3)ccc21.I.Nc1ccc(F)cc1. The first-order chi connectivity index (χ1) is 20.2. The lowest BCUT2D eigenvalue weighted by Crippen LogP contribution is -2.12. The third kappa shape index (κ3) is 7.33. The number of anilines is 3. The van der Waals surface area contributed by atoms with Gasteiger partial charge in [-0.1, -0.05) is 0 Å². The van der Waals surface area contributed by atoms with Gasteiger partial charge in [-0.15, -0.1) is 24.0 Å². The van der Waals surface area contributed by atoms with E-state index in [1.54, 1.807) is 24.3 Å². The van der Waals surface area contributed by atoms with Crippen LogP contribution in [-0.4, -0.2) is 16.2 Å². The van der Waals surface area contributed by atoms with Gasteiger partial charge in [0.25, 0.3) is 0 Å². The molecule has 0 unspecified atom stereocenters. The first-order valence-corrected chi connectivity index (χ1v) is 12.9. The van der Waals surface area contributed by atoms with Gasteiger partial charge in [0.2, 0.25) is 0 Å². The highest BCUT2D eigenvalue weighted by atomic mass is 127. The topological polar surface area (TPSA) is 103 Å². The van der Waals surface area contributed by atoms with Gasteiger partial charge >= 0.3 is 0 Å². The highest BCUT2D eigenvalue weighted by Crippen LogP contribution is 2.30. The number of nitrogens with one attached hydrogen (secondary N) is 4. The molecule has 0 spiro atoms. The van der Waals surface area contributed by atoms with Gasteiger partial charge in [-0.05, 0) is 109 Å². The zero-order chi connectivity index (χ0) is 29.8. The average molecular weight is 693 g/mol. The van der Waals surface area contributed by atoms with Crippen molar-refractivity contribution in [1.29, 1.82) is 10.8 Å². The van der Waals surface area contributed by atoms with Crippen molar-refractivity contribution >= 4 is 74.5 Å². The van der Waals surface area contributed by atoms with E-state index in [0.717, 1.165) is 21.8 Å². The standard InChI is InChI=1S/C27H21F2N5.C6H6FN.HI/c1-34-24-12-2-16(26(30)32-20-8-4-18(28)5-9-20)14-22(24)23-15-17(3-13-25(23)34)27(31)33-21-10-6-19(29)7-11-21;7-5-1-3-6(8)4-2-5;/h2-15H,1H3,(H2,30,32)(H2,31,33);1-4H,8H2;1H. The number of benzene rings is 5. The number of aromatic nitrogens is 1. The van der Waals surface area contributed by atoms with E-state index in [1.165, 1.54) is 48.5 Å². The van der Waals surface area contributed by atoms with Crippen molar-refractivity contribution in [1.82, 2.24) is 4.57 Å². The first-order valence-electron chi connectivity index (χ1n) is 12.9. The van der Waals surface area contributed by atoms with E-state index in [2.05, 4.69) is 15.2 Å². The van der Waals surface area contributed by atoms with Crippen LogP contribution in [0.5, 0.6) is 0 Å². The van der Waals surface area contributed by atoms with Crippen molar-refractivity contribution in [2.75, 3.05) is 16.4 Å². The van der Waals surface area contributed by atoms with Crippen LogP contribution in [0.3, 0.4) is 0 Å². The predicted molar refractivity (Wildman–Crippen MR) is 180 cm³/mol. The fourth-order valence-corrected chi connectivity index (χ4v) is 4.49. The molecule has 0 aliphatic rings. The Labute approximate surface area is 263 Å². The minimum Gasteiger partial charge on any atom is -0.399 e. The molecule has 0 radical (unpaired) electrons. The maximum absolute atomic E-state index is 13.2. The number of nitrogens with zero attached hydrogens (tertiary/aromatic N) is 1. The number of hydrogen-bond donors (Lipinski definition) is 5. The number of nitrogen functional groups attached to an aromatic ring is 1. The van der Waals surface area contributed by atoms with Crippen LogP contribution in [-0.2, 0) is 7.05 Å². The summed E-state index contributed by atoms with van der Waals surface area (Å²) in [5, 5.41) is 24.9. The number of hydrogen-bond acceptors (Lipinski definition) is 3. The van der Waals surface area contributed by atoms with Gasteiger partial charge in [0, 0.05) is 57.0 Å². The van der Waals surface area contributed by atoms with Gasteiger partial charge in [0.1, 0.15) is 29.1 Å². The fraction of sp³-hybridized carbons (Fsp3) is 0.0303. The maximum atomic E-state index is 13.2. The van der Waals surface area contributed by atoms with E-state index < -0.39 is 0 Å². The molecule has 1 aromatic heterocycles. The fourth-order valence-electron chi connectivity index (χ4n) is 4.49. The molecular formula is C33H28F3IN6. The summed E-state index contributed by atoms with van der Waals surface area (Å²) >= 11 is 0. The molecular weight excluding hydrogens is 664 g/mol. The summed E-state index contributed by atoms with van der Waals surface area (Å²) in [6.07, 6.45) is 0. The average Bonchev–Trinajstić information content (AvgIpc) is 3.27. The van der Waals surface area contributed by atoms with Gasteiger partial charge < -0.3 is 20.9 Å². The van der Waals surface area contributed by atoms with Crippen LogP contribution in [0.25, 0.3) is 21.8 Å². The summed E-state index contributed by atoms with van der Waals surface area (Å²) in [6, 6.07) is 29.0. The lowest BCUT2D eigenvalue weighted by molar-refractivity contribution is 0.627. The molecule has 0 atom stereocenters. The molecule has 0 saturated heterocycles. The van der Waals surface area contributed by atoms with Crippen molar-refractivity contribution in [3.63, 3.8) is 0 Å². The van der Waals surface area contributed by atoms with Gasteiger partial charge in [-0.2, -0.15) is 0 Å². The molecule has 218 valence electrons. The lowest BCUT2D eigenvalue weighted by atomic mass is 10.1. The van der Waals surface area contributed by atoms with E-state index in [-0.39, 0.29) is 53.1 Å². The van der Waals surface area contributed by atoms with Crippen molar-refractivity contribution in [2.24, 2.45) is 7.05 Å². The summed E-state index contributed by atoms with van der Waals surface area (Å²) in [5.74, 6) is -0.506. The monoisotopic (exact) mass is 692 g/mol. The van der Waals surface area contributed by atoms with Gasteiger partial charge in [0.05, 0.1) is 0 Å². The zero-order valence-electron chi connectivity index (χ0n) is 23.0. The number of nitrogens with two attached hydrogens (primary N) is 1. The minimum absolute atomic E-state index is 0. The first kappa shape index (κ1) is 31.1. The van der Waals surface area contributed by atoms with Crippen LogP contribution < -0.4 is 16.4 Å². The Morgan fingerprint density at radius 1 is 0.581 bits per heavy atom. The van der Waals surface area contributed by atoms with E-state index in [4.69, 9.17) is 16.6 Å². The van der Waals surface area contributed by atoms with Crippen LogP contribution in [0.2, 0.25) is 0 Å². The molecule has 6 rings (SSSR count). The van der Waals surface area contributed by atoms with Gasteiger partial charge in [-0.3, -0.25) is 10.8 Å². The number of amidine groups is 2. The molecule has 10 heteroatoms. The molecule has 0 aliphatic heterocycles. The Morgan fingerprint density at radius 3 is 1.28 bits per heavy atom. The molecule has 0 saturated carbocycles. The minimum atomic E-state index is -0.329. The molecule has 1 heterocycles. The third-order valence-electron chi connectivity index (χ3n) is 6.68. The van der Waals surface area contributed by atoms with Gasteiger partial charge in [0.15, 0.2) is 0 Å². The number of aryl methyl sites for hydroxylation is 1. The number of fused-ring (bicyclic) bond motifs is 3. The molecule has 5 aromatic carbocycles.